The molecule has 0 bridgehead atoms. The molecule has 2 aromatic carbocycles. The van der Waals surface area contributed by atoms with Crippen LogP contribution < -0.4 is 5.73 Å². The predicted octanol–water partition coefficient (Wildman–Crippen LogP) is 5.46. The Morgan fingerprint density at radius 3 is 2.07 bits per heavy atom. The lowest BCUT2D eigenvalue weighted by Crippen LogP contribution is -2.35. The SMILES string of the molecule is CC(C)c1cc(N)c(C(=O)C2(c3ccccc3)CCCC2)c(C(C)C)c1S(=O)(=O)O. The first kappa shape index (κ1) is 22.5. The Labute approximate surface area is 179 Å². The lowest BCUT2D eigenvalue weighted by molar-refractivity contribution is 0.0885. The molecule has 1 saturated carbocycles. The number of Topliss-reactive ketones (excluding diaryl/α,β-unsaturated/α-hetero) is 1. The summed E-state index contributed by atoms with van der Waals surface area (Å²) in [6.07, 6.45) is 3.24. The summed E-state index contributed by atoms with van der Waals surface area (Å²) in [5.74, 6) is -0.635. The highest BCUT2D eigenvalue weighted by molar-refractivity contribution is 7.86. The molecule has 6 heteroatoms. The molecule has 0 atom stereocenters. The Kier molecular flexibility index (Phi) is 6.12. The summed E-state index contributed by atoms with van der Waals surface area (Å²) in [5, 5.41) is 0. The van der Waals surface area contributed by atoms with Crippen LogP contribution in [0.2, 0.25) is 0 Å². The fourth-order valence-electron chi connectivity index (χ4n) is 4.87. The molecule has 2 aromatic rings. The van der Waals surface area contributed by atoms with Gasteiger partial charge in [-0.3, -0.25) is 9.35 Å². The lowest BCUT2D eigenvalue weighted by atomic mass is 9.71. The van der Waals surface area contributed by atoms with E-state index in [0.717, 1.165) is 18.4 Å². The van der Waals surface area contributed by atoms with E-state index in [1.54, 1.807) is 6.07 Å². The van der Waals surface area contributed by atoms with Gasteiger partial charge in [0.15, 0.2) is 5.78 Å². The van der Waals surface area contributed by atoms with Gasteiger partial charge in [-0.15, -0.1) is 0 Å². The summed E-state index contributed by atoms with van der Waals surface area (Å²) in [6.45, 7) is 7.34. The second kappa shape index (κ2) is 8.16. The molecular formula is C24H31NO4S. The summed E-state index contributed by atoms with van der Waals surface area (Å²) in [7, 11) is -4.54. The first-order valence-electron chi connectivity index (χ1n) is 10.5. The van der Waals surface area contributed by atoms with Crippen LogP contribution in [0.1, 0.15) is 92.3 Å². The molecule has 0 aromatic heterocycles. The molecule has 3 rings (SSSR count). The Hall–Kier alpha value is -2.18. The van der Waals surface area contributed by atoms with E-state index in [1.165, 1.54) is 0 Å². The molecule has 1 fully saturated rings. The molecule has 162 valence electrons. The second-order valence-electron chi connectivity index (χ2n) is 8.94. The Morgan fingerprint density at radius 1 is 1.03 bits per heavy atom. The van der Waals surface area contributed by atoms with Crippen LogP contribution in [0.4, 0.5) is 5.69 Å². The molecule has 5 nitrogen and oxygen atoms in total. The quantitative estimate of drug-likeness (QED) is 0.361. The zero-order valence-corrected chi connectivity index (χ0v) is 18.9. The van der Waals surface area contributed by atoms with Crippen LogP contribution in [0.25, 0.3) is 0 Å². The Morgan fingerprint density at radius 2 is 1.60 bits per heavy atom. The van der Waals surface area contributed by atoms with E-state index in [2.05, 4.69) is 0 Å². The molecule has 30 heavy (non-hydrogen) atoms. The highest BCUT2D eigenvalue weighted by Crippen LogP contribution is 2.47. The maximum absolute atomic E-state index is 14.1. The van der Waals surface area contributed by atoms with E-state index in [1.807, 2.05) is 58.0 Å². The molecule has 3 N–H and O–H groups in total. The molecule has 0 aliphatic heterocycles. The van der Waals surface area contributed by atoms with Crippen LogP contribution in [0, 0.1) is 0 Å². The van der Waals surface area contributed by atoms with Crippen molar-refractivity contribution in [2.24, 2.45) is 0 Å². The summed E-state index contributed by atoms with van der Waals surface area (Å²) < 4.78 is 35.0. The van der Waals surface area contributed by atoms with Crippen molar-refractivity contribution in [1.29, 1.82) is 0 Å². The van der Waals surface area contributed by atoms with Crippen LogP contribution in [0.15, 0.2) is 41.3 Å². The summed E-state index contributed by atoms with van der Waals surface area (Å²) in [4.78, 5) is 14.0. The number of hydrogen-bond acceptors (Lipinski definition) is 4. The monoisotopic (exact) mass is 429 g/mol. The van der Waals surface area contributed by atoms with Gasteiger partial charge in [-0.25, -0.2) is 0 Å². The van der Waals surface area contributed by atoms with Gasteiger partial charge >= 0.3 is 0 Å². The van der Waals surface area contributed by atoms with Crippen molar-refractivity contribution in [2.75, 3.05) is 5.73 Å². The first-order chi connectivity index (χ1) is 14.0. The minimum atomic E-state index is -4.54. The fraction of sp³-hybridized carbons (Fsp3) is 0.458. The molecule has 0 heterocycles. The van der Waals surface area contributed by atoms with Gasteiger partial charge in [-0.1, -0.05) is 70.9 Å². The molecular weight excluding hydrogens is 398 g/mol. The zero-order chi connectivity index (χ0) is 22.3. The summed E-state index contributed by atoms with van der Waals surface area (Å²) >= 11 is 0. The van der Waals surface area contributed by atoms with E-state index in [0.29, 0.717) is 24.0 Å². The summed E-state index contributed by atoms with van der Waals surface area (Å²) in [6, 6.07) is 11.2. The number of anilines is 1. The number of benzene rings is 2. The van der Waals surface area contributed by atoms with Gasteiger partial charge < -0.3 is 5.73 Å². The minimum Gasteiger partial charge on any atom is -0.398 e. The highest BCUT2D eigenvalue weighted by Gasteiger charge is 2.45. The van der Waals surface area contributed by atoms with Crippen LogP contribution in [-0.2, 0) is 15.5 Å². The molecule has 1 aliphatic rings. The number of carbonyl (C=O) groups excluding carboxylic acids is 1. The number of nitrogens with two attached hydrogens (primary N) is 1. The fourth-order valence-corrected chi connectivity index (χ4v) is 6.08. The van der Waals surface area contributed by atoms with Crippen molar-refractivity contribution in [1.82, 2.24) is 0 Å². The van der Waals surface area contributed by atoms with Crippen LogP contribution >= 0.6 is 0 Å². The zero-order valence-electron chi connectivity index (χ0n) is 18.1. The van der Waals surface area contributed by atoms with Crippen molar-refractivity contribution < 1.29 is 17.8 Å². The average Bonchev–Trinajstić information content (AvgIpc) is 3.17. The van der Waals surface area contributed by atoms with Gasteiger partial charge in [0.2, 0.25) is 0 Å². The number of hydrogen-bond donors (Lipinski definition) is 2. The number of carbonyl (C=O) groups is 1. The van der Waals surface area contributed by atoms with Crippen molar-refractivity contribution in [3.05, 3.63) is 58.7 Å². The third-order valence-corrected chi connectivity index (χ3v) is 7.25. The Bertz CT molecular complexity index is 1050. The molecule has 1 aliphatic carbocycles. The van der Waals surface area contributed by atoms with Gasteiger partial charge in [0, 0.05) is 11.3 Å². The van der Waals surface area contributed by atoms with E-state index in [-0.39, 0.29) is 33.8 Å². The molecule has 0 spiro atoms. The third-order valence-electron chi connectivity index (χ3n) is 6.28. The second-order valence-corrected chi connectivity index (χ2v) is 10.3. The third kappa shape index (κ3) is 3.79. The van der Waals surface area contributed by atoms with E-state index in [9.17, 15) is 17.8 Å². The Balaban J connectivity index is 2.36. The number of rotatable bonds is 6. The van der Waals surface area contributed by atoms with Gasteiger partial charge in [-0.05, 0) is 47.4 Å². The number of nitrogen functional groups attached to an aromatic ring is 1. The van der Waals surface area contributed by atoms with E-state index < -0.39 is 15.5 Å². The molecule has 0 radical (unpaired) electrons. The van der Waals surface area contributed by atoms with E-state index >= 15 is 0 Å². The standard InChI is InChI=1S/C24H31NO4S/c1-15(2)18-14-19(25)21(20(16(3)4)22(18)30(27,28)29)23(26)24(12-8-9-13-24)17-10-6-5-7-11-17/h5-7,10-11,14-16H,8-9,12-13,25H2,1-4H3,(H,27,28,29). The molecule has 0 unspecified atom stereocenters. The van der Waals surface area contributed by atoms with Crippen molar-refractivity contribution in [2.45, 2.75) is 75.5 Å². The normalized spacial score (nSPS) is 16.4. The smallest absolute Gasteiger partial charge is 0.295 e. The van der Waals surface area contributed by atoms with Gasteiger partial charge in [0.1, 0.15) is 4.90 Å². The topological polar surface area (TPSA) is 97.5 Å². The van der Waals surface area contributed by atoms with Gasteiger partial charge in [-0.2, -0.15) is 8.42 Å². The largest absolute Gasteiger partial charge is 0.398 e. The van der Waals surface area contributed by atoms with Crippen molar-refractivity contribution >= 4 is 21.6 Å². The highest BCUT2D eigenvalue weighted by atomic mass is 32.2. The number of ketones is 1. The van der Waals surface area contributed by atoms with Crippen LogP contribution in [-0.4, -0.2) is 18.8 Å². The summed E-state index contributed by atoms with van der Waals surface area (Å²) in [5.41, 5.74) is 7.91. The van der Waals surface area contributed by atoms with Crippen molar-refractivity contribution in [3.8, 4) is 0 Å². The van der Waals surface area contributed by atoms with Gasteiger partial charge in [0.25, 0.3) is 10.1 Å². The molecule has 0 amide bonds. The first-order valence-corrected chi connectivity index (χ1v) is 12.0. The van der Waals surface area contributed by atoms with Crippen LogP contribution in [0.5, 0.6) is 0 Å². The minimum absolute atomic E-state index is 0.146. The lowest BCUT2D eigenvalue weighted by Gasteiger charge is -2.31. The molecule has 0 saturated heterocycles. The van der Waals surface area contributed by atoms with Gasteiger partial charge in [0.05, 0.1) is 5.41 Å². The maximum Gasteiger partial charge on any atom is 0.295 e. The van der Waals surface area contributed by atoms with Crippen LogP contribution in [0.3, 0.4) is 0 Å². The average molecular weight is 430 g/mol. The van der Waals surface area contributed by atoms with E-state index in [4.69, 9.17) is 5.73 Å². The van der Waals surface area contributed by atoms with Crippen molar-refractivity contribution in [3.63, 3.8) is 0 Å². The predicted molar refractivity (Wildman–Crippen MR) is 120 cm³/mol. The maximum atomic E-state index is 14.1.